The van der Waals surface area contributed by atoms with Crippen molar-refractivity contribution in [3.8, 4) is 11.5 Å². The summed E-state index contributed by atoms with van der Waals surface area (Å²) >= 11 is 0. The molecule has 0 unspecified atom stereocenters. The smallest absolute Gasteiger partial charge is 0.161 e. The summed E-state index contributed by atoms with van der Waals surface area (Å²) in [5, 5.41) is 3.35. The number of rotatable bonds is 8. The molecule has 0 spiro atoms. The lowest BCUT2D eigenvalue weighted by Crippen LogP contribution is -2.21. The Hall–Kier alpha value is -1.26. The first kappa shape index (κ1) is 16.1. The van der Waals surface area contributed by atoms with Crippen molar-refractivity contribution in [1.29, 1.82) is 0 Å². The molecule has 1 fully saturated rings. The third kappa shape index (κ3) is 5.21. The zero-order chi connectivity index (χ0) is 14.9. The lowest BCUT2D eigenvalue weighted by Gasteiger charge is -2.24. The summed E-state index contributed by atoms with van der Waals surface area (Å²) in [5.74, 6) is 1.69. The van der Waals surface area contributed by atoms with Crippen LogP contribution in [0.15, 0.2) is 18.2 Å². The third-order valence-electron chi connectivity index (χ3n) is 3.89. The van der Waals surface area contributed by atoms with Crippen LogP contribution < -0.4 is 14.8 Å². The first-order chi connectivity index (χ1) is 10.3. The molecule has 0 atom stereocenters. The highest BCUT2D eigenvalue weighted by atomic mass is 16.5. The molecule has 0 radical (unpaired) electrons. The van der Waals surface area contributed by atoms with Crippen molar-refractivity contribution in [2.24, 2.45) is 0 Å². The van der Waals surface area contributed by atoms with Crippen LogP contribution in [0, 0.1) is 0 Å². The van der Waals surface area contributed by atoms with Crippen LogP contribution in [0.4, 0.5) is 0 Å². The maximum absolute atomic E-state index is 6.17. The quantitative estimate of drug-likeness (QED) is 0.747. The Labute approximate surface area is 127 Å². The summed E-state index contributed by atoms with van der Waals surface area (Å²) in [5.41, 5.74) is 1.21. The van der Waals surface area contributed by atoms with Crippen molar-refractivity contribution in [1.82, 2.24) is 5.32 Å². The fourth-order valence-electron chi connectivity index (χ4n) is 2.69. The van der Waals surface area contributed by atoms with E-state index in [1.807, 2.05) is 6.07 Å². The van der Waals surface area contributed by atoms with Crippen molar-refractivity contribution in [3.63, 3.8) is 0 Å². The fraction of sp³-hybridized carbons (Fsp3) is 0.647. The van der Waals surface area contributed by atoms with Gasteiger partial charge in [0, 0.05) is 20.2 Å². The van der Waals surface area contributed by atoms with Gasteiger partial charge in [0.1, 0.15) is 0 Å². The number of benzene rings is 1. The molecule has 0 bridgehead atoms. The highest BCUT2D eigenvalue weighted by molar-refractivity contribution is 5.43. The molecule has 1 aromatic carbocycles. The van der Waals surface area contributed by atoms with E-state index in [1.165, 1.54) is 24.8 Å². The summed E-state index contributed by atoms with van der Waals surface area (Å²) in [7, 11) is 3.41. The minimum Gasteiger partial charge on any atom is -0.493 e. The van der Waals surface area contributed by atoms with Gasteiger partial charge in [-0.15, -0.1) is 0 Å². The van der Waals surface area contributed by atoms with E-state index in [0.29, 0.717) is 6.10 Å². The van der Waals surface area contributed by atoms with E-state index in [-0.39, 0.29) is 0 Å². The van der Waals surface area contributed by atoms with E-state index in [1.54, 1.807) is 14.2 Å². The Morgan fingerprint density at radius 2 is 1.90 bits per heavy atom. The van der Waals surface area contributed by atoms with Crippen molar-refractivity contribution in [2.45, 2.75) is 44.8 Å². The Kier molecular flexibility index (Phi) is 6.83. The molecule has 1 aliphatic rings. The summed E-state index contributed by atoms with van der Waals surface area (Å²) in [6.45, 7) is 2.39. The maximum Gasteiger partial charge on any atom is 0.161 e. The molecule has 0 saturated heterocycles. The molecule has 0 aliphatic heterocycles. The molecule has 21 heavy (non-hydrogen) atoms. The van der Waals surface area contributed by atoms with Gasteiger partial charge in [-0.3, -0.25) is 0 Å². The second kappa shape index (κ2) is 8.90. The van der Waals surface area contributed by atoms with E-state index in [0.717, 1.165) is 44.0 Å². The predicted octanol–water partition coefficient (Wildman–Crippen LogP) is 3.14. The van der Waals surface area contributed by atoms with Gasteiger partial charge in [0.25, 0.3) is 0 Å². The Balaban J connectivity index is 1.95. The largest absolute Gasteiger partial charge is 0.493 e. The highest BCUT2D eigenvalue weighted by Gasteiger charge is 2.17. The molecular formula is C17H27NO3. The van der Waals surface area contributed by atoms with Crippen LogP contribution in [0.5, 0.6) is 11.5 Å². The molecule has 4 nitrogen and oxygen atoms in total. The van der Waals surface area contributed by atoms with Gasteiger partial charge in [0.15, 0.2) is 11.5 Å². The maximum atomic E-state index is 6.17. The number of ether oxygens (including phenoxy) is 3. The van der Waals surface area contributed by atoms with Crippen LogP contribution in [0.3, 0.4) is 0 Å². The second-order valence-corrected chi connectivity index (χ2v) is 5.53. The van der Waals surface area contributed by atoms with Crippen LogP contribution in [-0.4, -0.2) is 33.5 Å². The van der Waals surface area contributed by atoms with Crippen molar-refractivity contribution in [2.75, 3.05) is 27.4 Å². The molecule has 1 aromatic rings. The number of nitrogens with one attached hydrogen (secondary N) is 1. The van der Waals surface area contributed by atoms with E-state index < -0.39 is 0 Å². The van der Waals surface area contributed by atoms with Crippen LogP contribution in [0.1, 0.15) is 37.7 Å². The topological polar surface area (TPSA) is 39.7 Å². The van der Waals surface area contributed by atoms with Gasteiger partial charge >= 0.3 is 0 Å². The summed E-state index contributed by atoms with van der Waals surface area (Å²) in [6, 6.07) is 6.16. The Morgan fingerprint density at radius 1 is 1.10 bits per heavy atom. The summed E-state index contributed by atoms with van der Waals surface area (Å²) < 4.78 is 16.6. The molecule has 118 valence electrons. The second-order valence-electron chi connectivity index (χ2n) is 5.53. The first-order valence-electron chi connectivity index (χ1n) is 7.86. The number of methoxy groups -OCH3 is 2. The van der Waals surface area contributed by atoms with Gasteiger partial charge in [0.2, 0.25) is 0 Å². The van der Waals surface area contributed by atoms with Gasteiger partial charge in [-0.1, -0.05) is 12.5 Å². The highest BCUT2D eigenvalue weighted by Crippen LogP contribution is 2.31. The molecule has 0 aromatic heterocycles. The molecule has 4 heteroatoms. The Morgan fingerprint density at radius 3 is 2.62 bits per heavy atom. The van der Waals surface area contributed by atoms with Gasteiger partial charge in [-0.25, -0.2) is 0 Å². The molecule has 1 saturated carbocycles. The zero-order valence-electron chi connectivity index (χ0n) is 13.2. The molecule has 0 heterocycles. The predicted molar refractivity (Wildman–Crippen MR) is 84.1 cm³/mol. The van der Waals surface area contributed by atoms with Crippen LogP contribution in [-0.2, 0) is 11.3 Å². The van der Waals surface area contributed by atoms with Gasteiger partial charge < -0.3 is 19.5 Å². The normalized spacial score (nSPS) is 15.9. The summed E-state index contributed by atoms with van der Waals surface area (Å²) in [6.07, 6.45) is 6.51. The van der Waals surface area contributed by atoms with Gasteiger partial charge in [0.05, 0.1) is 19.8 Å². The molecule has 2 rings (SSSR count). The van der Waals surface area contributed by atoms with Crippen molar-refractivity contribution >= 4 is 0 Å². The zero-order valence-corrected chi connectivity index (χ0v) is 13.2. The van der Waals surface area contributed by atoms with Crippen LogP contribution in [0.25, 0.3) is 0 Å². The van der Waals surface area contributed by atoms with E-state index in [9.17, 15) is 0 Å². The number of hydrogen-bond donors (Lipinski definition) is 1. The molecule has 0 amide bonds. The van der Waals surface area contributed by atoms with Crippen LogP contribution >= 0.6 is 0 Å². The minimum atomic E-state index is 0.337. The van der Waals surface area contributed by atoms with Gasteiger partial charge in [-0.2, -0.15) is 0 Å². The lowest BCUT2D eigenvalue weighted by atomic mass is 9.98. The van der Waals surface area contributed by atoms with Crippen LogP contribution in [0.2, 0.25) is 0 Å². The SMILES string of the molecule is COCCNCc1ccc(OC)c(OC2CCCCC2)c1. The average molecular weight is 293 g/mol. The summed E-state index contributed by atoms with van der Waals surface area (Å²) in [4.78, 5) is 0. The first-order valence-corrected chi connectivity index (χ1v) is 7.86. The number of hydrogen-bond acceptors (Lipinski definition) is 4. The van der Waals surface area contributed by atoms with Crippen molar-refractivity contribution in [3.05, 3.63) is 23.8 Å². The fourth-order valence-corrected chi connectivity index (χ4v) is 2.69. The third-order valence-corrected chi connectivity index (χ3v) is 3.89. The van der Waals surface area contributed by atoms with Gasteiger partial charge in [-0.05, 0) is 43.4 Å². The van der Waals surface area contributed by atoms with E-state index >= 15 is 0 Å². The molecule has 1 aliphatic carbocycles. The van der Waals surface area contributed by atoms with E-state index in [2.05, 4.69) is 17.4 Å². The monoisotopic (exact) mass is 293 g/mol. The minimum absolute atomic E-state index is 0.337. The molecule has 1 N–H and O–H groups in total. The standard InChI is InChI=1S/C17H27NO3/c1-19-11-10-18-13-14-8-9-16(20-2)17(12-14)21-15-6-4-3-5-7-15/h8-9,12,15,18H,3-7,10-11,13H2,1-2H3. The lowest BCUT2D eigenvalue weighted by molar-refractivity contribution is 0.149. The molecular weight excluding hydrogens is 266 g/mol. The van der Waals surface area contributed by atoms with E-state index in [4.69, 9.17) is 14.2 Å². The Bertz CT molecular complexity index is 416. The van der Waals surface area contributed by atoms with Crippen molar-refractivity contribution < 1.29 is 14.2 Å². The average Bonchev–Trinajstić information content (AvgIpc) is 2.53.